The van der Waals surface area contributed by atoms with E-state index in [0.717, 1.165) is 23.4 Å². The molecule has 1 heterocycles. The first-order chi connectivity index (χ1) is 14.8. The molecule has 0 saturated heterocycles. The number of hydrogen-bond donors (Lipinski definition) is 1. The number of hydrogen-bond acceptors (Lipinski definition) is 5. The molecule has 0 bridgehead atoms. The van der Waals surface area contributed by atoms with Crippen molar-refractivity contribution in [2.24, 2.45) is 0 Å². The van der Waals surface area contributed by atoms with Crippen LogP contribution in [0.4, 0.5) is 5.95 Å². The Morgan fingerprint density at radius 1 is 1.03 bits per heavy atom. The van der Waals surface area contributed by atoms with E-state index in [1.807, 2.05) is 24.3 Å². The van der Waals surface area contributed by atoms with Crippen molar-refractivity contribution in [1.29, 1.82) is 0 Å². The van der Waals surface area contributed by atoms with Gasteiger partial charge in [0.25, 0.3) is 0 Å². The van der Waals surface area contributed by atoms with Gasteiger partial charge in [-0.3, -0.25) is 4.79 Å². The summed E-state index contributed by atoms with van der Waals surface area (Å²) in [5, 5.41) is 3.27. The van der Waals surface area contributed by atoms with Gasteiger partial charge < -0.3 is 10.1 Å². The lowest BCUT2D eigenvalue weighted by molar-refractivity contribution is 0.0962. The van der Waals surface area contributed by atoms with E-state index in [-0.39, 0.29) is 17.1 Å². The lowest BCUT2D eigenvalue weighted by Crippen LogP contribution is -2.21. The fourth-order valence-electron chi connectivity index (χ4n) is 3.95. The SMILES string of the molecule is COc1ccc(CNc2ncc3c(n2)C[C@H](c2ccc(C(C)(C)C)cc2)CC3=O)cc1. The van der Waals surface area contributed by atoms with E-state index < -0.39 is 0 Å². The molecule has 0 aliphatic heterocycles. The van der Waals surface area contributed by atoms with Crippen LogP contribution in [0.5, 0.6) is 5.75 Å². The maximum Gasteiger partial charge on any atom is 0.223 e. The monoisotopic (exact) mass is 415 g/mol. The first-order valence-corrected chi connectivity index (χ1v) is 10.7. The highest BCUT2D eigenvalue weighted by atomic mass is 16.5. The van der Waals surface area contributed by atoms with Gasteiger partial charge in [0.05, 0.1) is 18.4 Å². The number of ketones is 1. The molecule has 0 saturated carbocycles. The fraction of sp³-hybridized carbons (Fsp3) is 0.346. The van der Waals surface area contributed by atoms with Crippen molar-refractivity contribution in [3.8, 4) is 5.75 Å². The molecule has 0 unspecified atom stereocenters. The van der Waals surface area contributed by atoms with Crippen LogP contribution in [-0.2, 0) is 18.4 Å². The maximum atomic E-state index is 12.7. The van der Waals surface area contributed by atoms with Gasteiger partial charge in [0.2, 0.25) is 5.95 Å². The van der Waals surface area contributed by atoms with Gasteiger partial charge in [-0.05, 0) is 46.6 Å². The van der Waals surface area contributed by atoms with Gasteiger partial charge in [-0.25, -0.2) is 9.97 Å². The molecule has 3 aromatic rings. The van der Waals surface area contributed by atoms with Crippen molar-refractivity contribution in [3.05, 3.63) is 82.7 Å². The molecule has 4 rings (SSSR count). The predicted octanol–water partition coefficient (Wildman–Crippen LogP) is 5.31. The van der Waals surface area contributed by atoms with Crippen molar-refractivity contribution in [2.45, 2.75) is 51.5 Å². The molecule has 0 amide bonds. The molecule has 160 valence electrons. The van der Waals surface area contributed by atoms with E-state index in [1.165, 1.54) is 11.1 Å². The van der Waals surface area contributed by atoms with E-state index in [9.17, 15) is 4.79 Å². The molecule has 0 fully saturated rings. The lowest BCUT2D eigenvalue weighted by Gasteiger charge is -2.25. The number of aromatic nitrogens is 2. The van der Waals surface area contributed by atoms with Crippen molar-refractivity contribution >= 4 is 11.7 Å². The number of nitrogens with zero attached hydrogens (tertiary/aromatic N) is 2. The summed E-state index contributed by atoms with van der Waals surface area (Å²) in [6.07, 6.45) is 2.92. The van der Waals surface area contributed by atoms with Crippen molar-refractivity contribution in [2.75, 3.05) is 12.4 Å². The summed E-state index contributed by atoms with van der Waals surface area (Å²) in [6.45, 7) is 7.23. The normalized spacial score (nSPS) is 16.0. The van der Waals surface area contributed by atoms with Crippen molar-refractivity contribution < 1.29 is 9.53 Å². The van der Waals surface area contributed by atoms with Crippen molar-refractivity contribution in [3.63, 3.8) is 0 Å². The van der Waals surface area contributed by atoms with E-state index >= 15 is 0 Å². The van der Waals surface area contributed by atoms with Crippen molar-refractivity contribution in [1.82, 2.24) is 9.97 Å². The lowest BCUT2D eigenvalue weighted by atomic mass is 9.80. The maximum absolute atomic E-state index is 12.7. The summed E-state index contributed by atoms with van der Waals surface area (Å²) in [5.41, 5.74) is 5.19. The topological polar surface area (TPSA) is 64.1 Å². The molecule has 1 aliphatic carbocycles. The highest BCUT2D eigenvalue weighted by Crippen LogP contribution is 2.33. The average Bonchev–Trinajstić information content (AvgIpc) is 2.77. The summed E-state index contributed by atoms with van der Waals surface area (Å²) >= 11 is 0. The Labute approximate surface area is 183 Å². The number of nitrogens with one attached hydrogen (secondary N) is 1. The minimum absolute atomic E-state index is 0.116. The number of carbonyl (C=O) groups is 1. The van der Waals surface area contributed by atoms with Crippen LogP contribution in [0.3, 0.4) is 0 Å². The zero-order chi connectivity index (χ0) is 22.0. The molecular weight excluding hydrogens is 386 g/mol. The second-order valence-corrected chi connectivity index (χ2v) is 9.16. The standard InChI is InChI=1S/C26H29N3O2/c1-26(2,3)20-9-7-18(8-10-20)19-13-23-22(24(30)14-19)16-28-25(29-23)27-15-17-5-11-21(31-4)12-6-17/h5-12,16,19H,13-15H2,1-4H3,(H,27,28,29)/t19-/m0/s1. The molecule has 1 atom stereocenters. The second kappa shape index (κ2) is 8.50. The third kappa shape index (κ3) is 4.76. The second-order valence-electron chi connectivity index (χ2n) is 9.16. The molecule has 5 nitrogen and oxygen atoms in total. The van der Waals surface area contributed by atoms with Crippen LogP contribution in [0.1, 0.15) is 65.9 Å². The van der Waals surface area contributed by atoms with E-state index in [0.29, 0.717) is 24.5 Å². The summed E-state index contributed by atoms with van der Waals surface area (Å²) in [6, 6.07) is 16.5. The minimum atomic E-state index is 0.116. The van der Waals surface area contributed by atoms with Crippen LogP contribution in [0.15, 0.2) is 54.7 Å². The molecule has 1 aromatic heterocycles. The van der Waals surface area contributed by atoms with Gasteiger partial charge in [-0.15, -0.1) is 0 Å². The van der Waals surface area contributed by atoms with E-state index in [2.05, 4.69) is 60.3 Å². The summed E-state index contributed by atoms with van der Waals surface area (Å²) in [5.74, 6) is 1.64. The third-order valence-electron chi connectivity index (χ3n) is 5.90. The Morgan fingerprint density at radius 2 is 1.74 bits per heavy atom. The summed E-state index contributed by atoms with van der Waals surface area (Å²) in [7, 11) is 1.65. The molecule has 31 heavy (non-hydrogen) atoms. The van der Waals surface area contributed by atoms with Crippen LogP contribution in [0.25, 0.3) is 0 Å². The number of anilines is 1. The predicted molar refractivity (Wildman–Crippen MR) is 123 cm³/mol. The molecule has 2 aromatic carbocycles. The van der Waals surface area contributed by atoms with E-state index in [1.54, 1.807) is 13.3 Å². The third-order valence-corrected chi connectivity index (χ3v) is 5.90. The Morgan fingerprint density at radius 3 is 2.39 bits per heavy atom. The van der Waals surface area contributed by atoms with Gasteiger partial charge >= 0.3 is 0 Å². The average molecular weight is 416 g/mol. The Balaban J connectivity index is 1.48. The van der Waals surface area contributed by atoms with Crippen LogP contribution in [-0.4, -0.2) is 22.9 Å². The number of rotatable bonds is 5. The Hall–Kier alpha value is -3.21. The number of ether oxygens (including phenoxy) is 1. The molecule has 1 aliphatic rings. The highest BCUT2D eigenvalue weighted by molar-refractivity contribution is 5.98. The fourth-order valence-corrected chi connectivity index (χ4v) is 3.95. The molecular formula is C26H29N3O2. The molecule has 1 N–H and O–H groups in total. The minimum Gasteiger partial charge on any atom is -0.497 e. The molecule has 5 heteroatoms. The zero-order valence-corrected chi connectivity index (χ0v) is 18.6. The number of Topliss-reactive ketones (excluding diaryl/α,β-unsaturated/α-hetero) is 1. The van der Waals surface area contributed by atoms with Gasteiger partial charge in [-0.1, -0.05) is 57.2 Å². The Kier molecular flexibility index (Phi) is 5.77. The number of methoxy groups -OCH3 is 1. The first-order valence-electron chi connectivity index (χ1n) is 10.7. The molecule has 0 spiro atoms. The van der Waals surface area contributed by atoms with Gasteiger partial charge in [-0.2, -0.15) is 0 Å². The first kappa shape index (κ1) is 21.0. The van der Waals surface area contributed by atoms with Crippen LogP contribution in [0, 0.1) is 0 Å². The van der Waals surface area contributed by atoms with Crippen LogP contribution >= 0.6 is 0 Å². The quantitative estimate of drug-likeness (QED) is 0.612. The highest BCUT2D eigenvalue weighted by Gasteiger charge is 2.28. The van der Waals surface area contributed by atoms with Gasteiger partial charge in [0.1, 0.15) is 5.75 Å². The van der Waals surface area contributed by atoms with Crippen LogP contribution in [0.2, 0.25) is 0 Å². The largest absolute Gasteiger partial charge is 0.497 e. The number of carbonyl (C=O) groups excluding carboxylic acids is 1. The van der Waals surface area contributed by atoms with Crippen LogP contribution < -0.4 is 10.1 Å². The zero-order valence-electron chi connectivity index (χ0n) is 18.6. The summed E-state index contributed by atoms with van der Waals surface area (Å²) in [4.78, 5) is 21.8. The Bertz CT molecular complexity index is 1070. The summed E-state index contributed by atoms with van der Waals surface area (Å²) < 4.78 is 5.20. The number of fused-ring (bicyclic) bond motifs is 1. The molecule has 0 radical (unpaired) electrons. The number of benzene rings is 2. The van der Waals surface area contributed by atoms with Gasteiger partial charge in [0.15, 0.2) is 5.78 Å². The van der Waals surface area contributed by atoms with Gasteiger partial charge in [0, 0.05) is 19.2 Å². The van der Waals surface area contributed by atoms with E-state index in [4.69, 9.17) is 4.74 Å². The smallest absolute Gasteiger partial charge is 0.223 e.